The normalized spacial score (nSPS) is 26.5. The van der Waals surface area contributed by atoms with Gasteiger partial charge in [-0.25, -0.2) is 0 Å². The number of esters is 1. The highest BCUT2D eigenvalue weighted by Gasteiger charge is 2.29. The lowest BCUT2D eigenvalue weighted by Crippen LogP contribution is -2.47. The number of nitrogens with one attached hydrogen (secondary N) is 2. The number of guanidine groups is 1. The second-order valence-corrected chi connectivity index (χ2v) is 8.50. The second-order valence-electron chi connectivity index (χ2n) is 8.50. The van der Waals surface area contributed by atoms with Gasteiger partial charge in [-0.05, 0) is 57.9 Å². The van der Waals surface area contributed by atoms with Crippen molar-refractivity contribution in [3.63, 3.8) is 0 Å². The number of ether oxygens (including phenoxy) is 2. The van der Waals surface area contributed by atoms with E-state index in [4.69, 9.17) is 9.47 Å². The van der Waals surface area contributed by atoms with E-state index in [2.05, 4.69) is 46.8 Å². The van der Waals surface area contributed by atoms with Crippen LogP contribution >= 0.6 is 24.0 Å². The Bertz CT molecular complexity index is 703. The van der Waals surface area contributed by atoms with Crippen LogP contribution in [0.5, 0.6) is 0 Å². The molecule has 0 bridgehead atoms. The standard InChI is InChI=1S/C24H37N3O3.HI/c1-4-29-23(28)19-11-13-21(14-12-19)27-24(25-3)26-16-20-6-5-15-30-22(20)18-9-7-17(2)8-10-18;/h7-10,19-22H,4-6,11-16H2,1-3H3,(H2,25,26,27);1H. The minimum Gasteiger partial charge on any atom is -0.466 e. The largest absolute Gasteiger partial charge is 0.466 e. The molecule has 6 nitrogen and oxygen atoms in total. The summed E-state index contributed by atoms with van der Waals surface area (Å²) in [4.78, 5) is 16.4. The molecular weight excluding hydrogens is 505 g/mol. The summed E-state index contributed by atoms with van der Waals surface area (Å²) in [7, 11) is 1.81. The van der Waals surface area contributed by atoms with Gasteiger partial charge in [0.15, 0.2) is 5.96 Å². The summed E-state index contributed by atoms with van der Waals surface area (Å²) in [5, 5.41) is 7.06. The molecule has 1 saturated carbocycles. The van der Waals surface area contributed by atoms with Gasteiger partial charge in [-0.2, -0.15) is 0 Å². The molecule has 1 saturated heterocycles. The first-order valence-electron chi connectivity index (χ1n) is 11.4. The van der Waals surface area contributed by atoms with Crippen LogP contribution in [0.15, 0.2) is 29.3 Å². The third kappa shape index (κ3) is 7.63. The molecule has 3 rings (SSSR count). The quantitative estimate of drug-likeness (QED) is 0.242. The van der Waals surface area contributed by atoms with Crippen molar-refractivity contribution in [2.45, 2.75) is 64.5 Å². The van der Waals surface area contributed by atoms with E-state index in [0.717, 1.165) is 57.6 Å². The average molecular weight is 543 g/mol. The van der Waals surface area contributed by atoms with Gasteiger partial charge in [0.2, 0.25) is 0 Å². The van der Waals surface area contributed by atoms with Crippen LogP contribution in [0.4, 0.5) is 0 Å². The zero-order valence-corrected chi connectivity index (χ0v) is 21.4. The number of carbonyl (C=O) groups is 1. The number of hydrogen-bond donors (Lipinski definition) is 2. The van der Waals surface area contributed by atoms with E-state index in [1.165, 1.54) is 11.1 Å². The second kappa shape index (κ2) is 13.3. The molecule has 7 heteroatoms. The lowest BCUT2D eigenvalue weighted by molar-refractivity contribution is -0.149. The molecule has 174 valence electrons. The minimum atomic E-state index is -0.0436. The van der Waals surface area contributed by atoms with Crippen LogP contribution in [-0.4, -0.2) is 44.8 Å². The first-order chi connectivity index (χ1) is 14.6. The van der Waals surface area contributed by atoms with Crippen molar-refractivity contribution in [2.24, 2.45) is 16.8 Å². The van der Waals surface area contributed by atoms with Crippen molar-refractivity contribution in [2.75, 3.05) is 26.8 Å². The highest BCUT2D eigenvalue weighted by Crippen LogP contribution is 2.33. The molecule has 1 aliphatic carbocycles. The molecule has 1 aromatic rings. The maximum absolute atomic E-state index is 11.9. The summed E-state index contributed by atoms with van der Waals surface area (Å²) in [6, 6.07) is 9.04. The third-order valence-corrected chi connectivity index (χ3v) is 6.29. The first-order valence-corrected chi connectivity index (χ1v) is 11.4. The minimum absolute atomic E-state index is 0. The van der Waals surface area contributed by atoms with Crippen molar-refractivity contribution in [1.29, 1.82) is 0 Å². The predicted molar refractivity (Wildman–Crippen MR) is 135 cm³/mol. The predicted octanol–water partition coefficient (Wildman–Crippen LogP) is 4.37. The molecule has 2 aliphatic rings. The summed E-state index contributed by atoms with van der Waals surface area (Å²) in [6.07, 6.45) is 6.04. The van der Waals surface area contributed by atoms with Crippen molar-refractivity contribution in [3.8, 4) is 0 Å². The molecule has 2 atom stereocenters. The van der Waals surface area contributed by atoms with E-state index < -0.39 is 0 Å². The Morgan fingerprint density at radius 2 is 1.87 bits per heavy atom. The highest BCUT2D eigenvalue weighted by molar-refractivity contribution is 14.0. The van der Waals surface area contributed by atoms with Gasteiger partial charge in [0.1, 0.15) is 0 Å². The Morgan fingerprint density at radius 1 is 1.16 bits per heavy atom. The number of hydrogen-bond acceptors (Lipinski definition) is 4. The number of benzene rings is 1. The van der Waals surface area contributed by atoms with E-state index in [0.29, 0.717) is 18.6 Å². The van der Waals surface area contributed by atoms with Crippen LogP contribution in [-0.2, 0) is 14.3 Å². The fraction of sp³-hybridized carbons (Fsp3) is 0.667. The van der Waals surface area contributed by atoms with Crippen LogP contribution in [0, 0.1) is 18.8 Å². The van der Waals surface area contributed by atoms with Gasteiger partial charge < -0.3 is 20.1 Å². The van der Waals surface area contributed by atoms with Crippen molar-refractivity contribution >= 4 is 35.9 Å². The van der Waals surface area contributed by atoms with Crippen molar-refractivity contribution < 1.29 is 14.3 Å². The van der Waals surface area contributed by atoms with E-state index in [-0.39, 0.29) is 42.0 Å². The summed E-state index contributed by atoms with van der Waals surface area (Å²) < 4.78 is 11.3. The molecule has 1 aromatic carbocycles. The Balaban J connectivity index is 0.00000341. The maximum Gasteiger partial charge on any atom is 0.308 e. The zero-order valence-electron chi connectivity index (χ0n) is 19.1. The Morgan fingerprint density at radius 3 is 2.52 bits per heavy atom. The molecule has 0 spiro atoms. The lowest BCUT2D eigenvalue weighted by atomic mass is 9.86. The number of aliphatic imine (C=N–C) groups is 1. The number of rotatable bonds is 6. The molecule has 2 N–H and O–H groups in total. The van der Waals surface area contributed by atoms with Gasteiger partial charge in [0.25, 0.3) is 0 Å². The Hall–Kier alpha value is -1.35. The number of carbonyl (C=O) groups excluding carboxylic acids is 1. The maximum atomic E-state index is 11.9. The molecule has 0 amide bonds. The fourth-order valence-electron chi connectivity index (χ4n) is 4.53. The monoisotopic (exact) mass is 543 g/mol. The Kier molecular flexibility index (Phi) is 11.1. The van der Waals surface area contributed by atoms with E-state index in [1.807, 2.05) is 14.0 Å². The van der Waals surface area contributed by atoms with Gasteiger partial charge >= 0.3 is 5.97 Å². The van der Waals surface area contributed by atoms with Crippen LogP contribution in [0.2, 0.25) is 0 Å². The van der Waals surface area contributed by atoms with Gasteiger partial charge in [-0.3, -0.25) is 9.79 Å². The smallest absolute Gasteiger partial charge is 0.308 e. The Labute approximate surface area is 204 Å². The highest BCUT2D eigenvalue weighted by atomic mass is 127. The van der Waals surface area contributed by atoms with Gasteiger partial charge in [-0.1, -0.05) is 29.8 Å². The fourth-order valence-corrected chi connectivity index (χ4v) is 4.53. The molecule has 0 aromatic heterocycles. The molecule has 1 heterocycles. The lowest BCUT2D eigenvalue weighted by Gasteiger charge is -2.33. The SMILES string of the molecule is CCOC(=O)C1CCC(NC(=NC)NCC2CCCOC2c2ccc(C)cc2)CC1.I. The van der Waals surface area contributed by atoms with Crippen LogP contribution in [0.25, 0.3) is 0 Å². The molecule has 31 heavy (non-hydrogen) atoms. The third-order valence-electron chi connectivity index (χ3n) is 6.29. The summed E-state index contributed by atoms with van der Waals surface area (Å²) in [5.74, 6) is 1.26. The summed E-state index contributed by atoms with van der Waals surface area (Å²) in [5.41, 5.74) is 2.53. The average Bonchev–Trinajstić information content (AvgIpc) is 2.78. The topological polar surface area (TPSA) is 72.0 Å². The van der Waals surface area contributed by atoms with E-state index >= 15 is 0 Å². The molecular formula is C24H38IN3O3. The number of nitrogens with zero attached hydrogens (tertiary/aromatic N) is 1. The summed E-state index contributed by atoms with van der Waals surface area (Å²) in [6.45, 7) is 6.09. The molecule has 2 unspecified atom stereocenters. The van der Waals surface area contributed by atoms with Gasteiger partial charge in [0, 0.05) is 32.2 Å². The number of halogens is 1. The molecule has 0 radical (unpaired) electrons. The van der Waals surface area contributed by atoms with E-state index in [1.54, 1.807) is 0 Å². The van der Waals surface area contributed by atoms with Crippen LogP contribution < -0.4 is 10.6 Å². The summed E-state index contributed by atoms with van der Waals surface area (Å²) >= 11 is 0. The zero-order chi connectivity index (χ0) is 21.3. The molecule has 1 aliphatic heterocycles. The van der Waals surface area contributed by atoms with Crippen molar-refractivity contribution in [3.05, 3.63) is 35.4 Å². The van der Waals surface area contributed by atoms with Crippen molar-refractivity contribution in [1.82, 2.24) is 10.6 Å². The molecule has 2 fully saturated rings. The number of aryl methyl sites for hydroxylation is 1. The first kappa shape index (κ1) is 25.9. The van der Waals surface area contributed by atoms with Crippen LogP contribution in [0.1, 0.15) is 62.7 Å². The van der Waals surface area contributed by atoms with Gasteiger partial charge in [0.05, 0.1) is 18.6 Å². The van der Waals surface area contributed by atoms with E-state index in [9.17, 15) is 4.79 Å². The van der Waals surface area contributed by atoms with Gasteiger partial charge in [-0.15, -0.1) is 24.0 Å². The van der Waals surface area contributed by atoms with Crippen LogP contribution in [0.3, 0.4) is 0 Å².